The van der Waals surface area contributed by atoms with Gasteiger partial charge in [0.2, 0.25) is 0 Å². The number of nitrogens with two attached hydrogens (primary N) is 1. The maximum atomic E-state index is 12.0. The van der Waals surface area contributed by atoms with Crippen LogP contribution in [-0.4, -0.2) is 30.2 Å². The predicted molar refractivity (Wildman–Crippen MR) is 67.8 cm³/mol. The van der Waals surface area contributed by atoms with E-state index in [-0.39, 0.29) is 17.2 Å². The van der Waals surface area contributed by atoms with Crippen molar-refractivity contribution in [2.75, 3.05) is 13.7 Å². The Morgan fingerprint density at radius 1 is 1.56 bits per heavy atom. The highest BCUT2D eigenvalue weighted by atomic mass is 16.5. The number of phenols is 1. The molecule has 1 aliphatic rings. The largest absolute Gasteiger partial charge is 0.504 e. The lowest BCUT2D eigenvalue weighted by molar-refractivity contribution is 0.0837. The number of methoxy groups -OCH3 is 1. The molecule has 1 amide bonds. The number of nitrogens with one attached hydrogen (secondary N) is 1. The van der Waals surface area contributed by atoms with Gasteiger partial charge in [-0.2, -0.15) is 0 Å². The number of carbonyl (C=O) groups excluding carboxylic acids is 1. The Hall–Kier alpha value is -1.75. The standard InChI is InChI=1S/C13H18N2O3/c1-18-11-4-3-9(7-10(11)16)12(17)15-13(8-14)5-2-6-13/h3-4,7,16H,2,5-6,8,14H2,1H3,(H,15,17). The van der Waals surface area contributed by atoms with E-state index in [1.807, 2.05) is 0 Å². The van der Waals surface area contributed by atoms with E-state index < -0.39 is 0 Å². The monoisotopic (exact) mass is 250 g/mol. The van der Waals surface area contributed by atoms with Gasteiger partial charge in [-0.05, 0) is 37.5 Å². The van der Waals surface area contributed by atoms with Gasteiger partial charge in [-0.3, -0.25) is 4.79 Å². The number of ether oxygens (including phenoxy) is 1. The molecule has 0 spiro atoms. The van der Waals surface area contributed by atoms with Crippen molar-refractivity contribution in [1.82, 2.24) is 5.32 Å². The lowest BCUT2D eigenvalue weighted by Crippen LogP contribution is -2.58. The summed E-state index contributed by atoms with van der Waals surface area (Å²) in [6.45, 7) is 0.445. The molecule has 1 aliphatic carbocycles. The molecule has 5 nitrogen and oxygen atoms in total. The Labute approximate surface area is 106 Å². The average Bonchev–Trinajstić information content (AvgIpc) is 2.33. The smallest absolute Gasteiger partial charge is 0.251 e. The molecule has 98 valence electrons. The van der Waals surface area contributed by atoms with Crippen molar-refractivity contribution >= 4 is 5.91 Å². The molecule has 1 saturated carbocycles. The van der Waals surface area contributed by atoms with E-state index in [9.17, 15) is 9.90 Å². The minimum atomic E-state index is -0.257. The van der Waals surface area contributed by atoms with Crippen molar-refractivity contribution in [3.8, 4) is 11.5 Å². The molecule has 1 aromatic rings. The second kappa shape index (κ2) is 4.86. The maximum absolute atomic E-state index is 12.0. The van der Waals surface area contributed by atoms with Crippen LogP contribution < -0.4 is 15.8 Å². The Morgan fingerprint density at radius 2 is 2.28 bits per heavy atom. The molecular weight excluding hydrogens is 232 g/mol. The van der Waals surface area contributed by atoms with Crippen LogP contribution in [0.15, 0.2) is 18.2 Å². The van der Waals surface area contributed by atoms with Gasteiger partial charge >= 0.3 is 0 Å². The summed E-state index contributed by atoms with van der Waals surface area (Å²) in [5, 5.41) is 12.6. The fourth-order valence-electron chi connectivity index (χ4n) is 2.13. The summed E-state index contributed by atoms with van der Waals surface area (Å²) < 4.78 is 4.93. The first kappa shape index (κ1) is 12.7. The summed E-state index contributed by atoms with van der Waals surface area (Å²) in [5.74, 6) is 0.0994. The van der Waals surface area contributed by atoms with Crippen LogP contribution in [0.1, 0.15) is 29.6 Å². The first-order valence-electron chi connectivity index (χ1n) is 6.00. The van der Waals surface area contributed by atoms with E-state index >= 15 is 0 Å². The Balaban J connectivity index is 2.11. The molecule has 18 heavy (non-hydrogen) atoms. The summed E-state index contributed by atoms with van der Waals surface area (Å²) in [7, 11) is 1.46. The minimum Gasteiger partial charge on any atom is -0.504 e. The van der Waals surface area contributed by atoms with Gasteiger partial charge in [0, 0.05) is 12.1 Å². The van der Waals surface area contributed by atoms with Gasteiger partial charge in [-0.1, -0.05) is 0 Å². The number of amides is 1. The molecule has 0 bridgehead atoms. The molecule has 4 N–H and O–H groups in total. The third-order valence-corrected chi connectivity index (χ3v) is 3.52. The van der Waals surface area contributed by atoms with Gasteiger partial charge in [0.15, 0.2) is 11.5 Å². The zero-order valence-electron chi connectivity index (χ0n) is 10.4. The highest BCUT2D eigenvalue weighted by Crippen LogP contribution is 2.31. The average molecular weight is 250 g/mol. The van der Waals surface area contributed by atoms with Crippen LogP contribution in [0, 0.1) is 0 Å². The minimum absolute atomic E-state index is 0.0412. The zero-order chi connectivity index (χ0) is 13.2. The van der Waals surface area contributed by atoms with Gasteiger partial charge in [-0.15, -0.1) is 0 Å². The first-order valence-corrected chi connectivity index (χ1v) is 6.00. The number of carbonyl (C=O) groups is 1. The number of benzene rings is 1. The van der Waals surface area contributed by atoms with Gasteiger partial charge in [0.05, 0.1) is 12.6 Å². The zero-order valence-corrected chi connectivity index (χ0v) is 10.4. The van der Waals surface area contributed by atoms with Crippen LogP contribution in [-0.2, 0) is 0 Å². The molecule has 1 aromatic carbocycles. The number of hydrogen-bond acceptors (Lipinski definition) is 4. The van der Waals surface area contributed by atoms with Crippen LogP contribution in [0.3, 0.4) is 0 Å². The van der Waals surface area contributed by atoms with Gasteiger partial charge in [0.1, 0.15) is 0 Å². The fourth-order valence-corrected chi connectivity index (χ4v) is 2.13. The lowest BCUT2D eigenvalue weighted by Gasteiger charge is -2.41. The number of hydrogen-bond donors (Lipinski definition) is 3. The van der Waals surface area contributed by atoms with E-state index in [4.69, 9.17) is 10.5 Å². The van der Waals surface area contributed by atoms with Crippen LogP contribution in [0.5, 0.6) is 11.5 Å². The Bertz CT molecular complexity index is 450. The lowest BCUT2D eigenvalue weighted by atomic mass is 9.76. The molecule has 0 atom stereocenters. The molecule has 2 rings (SSSR count). The summed E-state index contributed by atoms with van der Waals surface area (Å²) in [5.41, 5.74) is 5.84. The van der Waals surface area contributed by atoms with Crippen LogP contribution in [0.2, 0.25) is 0 Å². The highest BCUT2D eigenvalue weighted by molar-refractivity contribution is 5.95. The van der Waals surface area contributed by atoms with Crippen LogP contribution in [0.4, 0.5) is 0 Å². The first-order chi connectivity index (χ1) is 8.60. The van der Waals surface area contributed by atoms with Crippen LogP contribution >= 0.6 is 0 Å². The van der Waals surface area contributed by atoms with E-state index in [0.29, 0.717) is 17.9 Å². The fraction of sp³-hybridized carbons (Fsp3) is 0.462. The van der Waals surface area contributed by atoms with Crippen molar-refractivity contribution in [1.29, 1.82) is 0 Å². The molecule has 0 saturated heterocycles. The predicted octanol–water partition coefficient (Wildman–Crippen LogP) is 1.01. The summed E-state index contributed by atoms with van der Waals surface area (Å²) in [4.78, 5) is 12.0. The van der Waals surface area contributed by atoms with Crippen molar-refractivity contribution in [3.63, 3.8) is 0 Å². The van der Waals surface area contributed by atoms with Crippen molar-refractivity contribution in [2.45, 2.75) is 24.8 Å². The summed E-state index contributed by atoms with van der Waals surface area (Å²) in [6, 6.07) is 4.59. The molecule has 1 fully saturated rings. The number of aromatic hydroxyl groups is 1. The number of phenolic OH excluding ortho intramolecular Hbond substituents is 1. The second-order valence-electron chi connectivity index (χ2n) is 4.68. The van der Waals surface area contributed by atoms with E-state index in [2.05, 4.69) is 5.32 Å². The highest BCUT2D eigenvalue weighted by Gasteiger charge is 2.37. The molecule has 0 aliphatic heterocycles. The molecule has 5 heteroatoms. The molecular formula is C13H18N2O3. The summed E-state index contributed by atoms with van der Waals surface area (Å²) >= 11 is 0. The second-order valence-corrected chi connectivity index (χ2v) is 4.68. The summed E-state index contributed by atoms with van der Waals surface area (Å²) in [6.07, 6.45) is 2.92. The molecule has 0 radical (unpaired) electrons. The molecule has 0 unspecified atom stereocenters. The van der Waals surface area contributed by atoms with E-state index in [0.717, 1.165) is 19.3 Å². The van der Waals surface area contributed by atoms with Gasteiger partial charge < -0.3 is 20.9 Å². The SMILES string of the molecule is COc1ccc(C(=O)NC2(CN)CCC2)cc1O. The van der Waals surface area contributed by atoms with Crippen molar-refractivity contribution < 1.29 is 14.6 Å². The molecule has 0 heterocycles. The van der Waals surface area contributed by atoms with Gasteiger partial charge in [-0.25, -0.2) is 0 Å². The third kappa shape index (κ3) is 2.26. The van der Waals surface area contributed by atoms with E-state index in [1.165, 1.54) is 13.2 Å². The topological polar surface area (TPSA) is 84.6 Å². The third-order valence-electron chi connectivity index (χ3n) is 3.52. The van der Waals surface area contributed by atoms with Crippen molar-refractivity contribution in [3.05, 3.63) is 23.8 Å². The van der Waals surface area contributed by atoms with Gasteiger partial charge in [0.25, 0.3) is 5.91 Å². The maximum Gasteiger partial charge on any atom is 0.251 e. The normalized spacial score (nSPS) is 16.8. The van der Waals surface area contributed by atoms with E-state index in [1.54, 1.807) is 12.1 Å². The van der Waals surface area contributed by atoms with Crippen LogP contribution in [0.25, 0.3) is 0 Å². The van der Waals surface area contributed by atoms with Crippen molar-refractivity contribution in [2.24, 2.45) is 5.73 Å². The Morgan fingerprint density at radius 3 is 2.72 bits per heavy atom. The number of rotatable bonds is 4. The molecule has 0 aromatic heterocycles. The quantitative estimate of drug-likeness (QED) is 0.744. The Kier molecular flexibility index (Phi) is 3.43.